The van der Waals surface area contributed by atoms with Gasteiger partial charge >= 0.3 is 19.5 Å². The maximum absolute atomic E-state index is 0. The van der Waals surface area contributed by atoms with Crippen molar-refractivity contribution in [1.82, 2.24) is 0 Å². The SMILES string of the molecule is [F-].[F-].[F-].[F-].[F-].[Ru+2]. The average molecular weight is 196 g/mol. The first-order valence-electron chi connectivity index (χ1n) is 0. The zero-order valence-electron chi connectivity index (χ0n) is 2.24. The molecule has 6 heavy (non-hydrogen) atoms. The smallest absolute Gasteiger partial charge is 1.00 e. The van der Waals surface area contributed by atoms with Crippen molar-refractivity contribution in [3.63, 3.8) is 0 Å². The van der Waals surface area contributed by atoms with E-state index in [2.05, 4.69) is 0 Å². The number of hydrogen-bond acceptors (Lipinski definition) is 0. The van der Waals surface area contributed by atoms with Crippen LogP contribution in [-0.2, 0) is 19.5 Å². The van der Waals surface area contributed by atoms with Crippen molar-refractivity contribution >= 4 is 0 Å². The summed E-state index contributed by atoms with van der Waals surface area (Å²) in [6, 6.07) is 0. The van der Waals surface area contributed by atoms with Gasteiger partial charge in [0.05, 0.1) is 0 Å². The molecule has 46 valence electrons. The minimum atomic E-state index is 0. The summed E-state index contributed by atoms with van der Waals surface area (Å²) in [4.78, 5) is 0. The van der Waals surface area contributed by atoms with E-state index < -0.39 is 0 Å². The van der Waals surface area contributed by atoms with Gasteiger partial charge in [0.15, 0.2) is 0 Å². The molecule has 0 radical (unpaired) electrons. The molecule has 0 rings (SSSR count). The molecule has 0 saturated heterocycles. The number of halogens is 5. The fourth-order valence-corrected chi connectivity index (χ4v) is 0. The fraction of sp³-hybridized carbons (Fsp3) is 0. The molecule has 0 heterocycles. The van der Waals surface area contributed by atoms with Crippen molar-refractivity contribution in [2.24, 2.45) is 0 Å². The molecule has 0 spiro atoms. The summed E-state index contributed by atoms with van der Waals surface area (Å²) in [7, 11) is 0. The molecule has 0 nitrogen and oxygen atoms in total. The first kappa shape index (κ1) is 2330. The summed E-state index contributed by atoms with van der Waals surface area (Å²) in [6.07, 6.45) is 0. The van der Waals surface area contributed by atoms with Gasteiger partial charge in [-0.25, -0.2) is 0 Å². The topological polar surface area (TPSA) is 0 Å². The van der Waals surface area contributed by atoms with Crippen molar-refractivity contribution in [3.8, 4) is 0 Å². The van der Waals surface area contributed by atoms with Crippen LogP contribution in [-0.4, -0.2) is 0 Å². The maximum atomic E-state index is 0. The predicted octanol–water partition coefficient (Wildman–Crippen LogP) is -15.0. The Morgan fingerprint density at radius 3 is 0.333 bits per heavy atom. The van der Waals surface area contributed by atoms with Crippen LogP contribution in [0.4, 0.5) is 0 Å². The molecular formula is F5Ru-3. The number of hydrogen-bond donors (Lipinski definition) is 0. The predicted molar refractivity (Wildman–Crippen MR) is 0 cm³/mol. The van der Waals surface area contributed by atoms with Crippen LogP contribution in [0.2, 0.25) is 0 Å². The number of rotatable bonds is 0. The van der Waals surface area contributed by atoms with Gasteiger partial charge in [-0.1, -0.05) is 0 Å². The fourth-order valence-electron chi connectivity index (χ4n) is 0. The zero-order chi connectivity index (χ0) is 0. The Balaban J connectivity index is 0. The minimum Gasteiger partial charge on any atom is -1.00 e. The van der Waals surface area contributed by atoms with Gasteiger partial charge in [-0.15, -0.1) is 0 Å². The van der Waals surface area contributed by atoms with Crippen molar-refractivity contribution in [3.05, 3.63) is 0 Å². The van der Waals surface area contributed by atoms with Crippen molar-refractivity contribution in [1.29, 1.82) is 0 Å². The van der Waals surface area contributed by atoms with Gasteiger partial charge in [0, 0.05) is 0 Å². The van der Waals surface area contributed by atoms with Crippen molar-refractivity contribution in [2.75, 3.05) is 0 Å². The van der Waals surface area contributed by atoms with Crippen LogP contribution in [0.5, 0.6) is 0 Å². The van der Waals surface area contributed by atoms with E-state index in [0.717, 1.165) is 0 Å². The summed E-state index contributed by atoms with van der Waals surface area (Å²) in [5.74, 6) is 0. The summed E-state index contributed by atoms with van der Waals surface area (Å²) < 4.78 is 0. The minimum absolute atomic E-state index is 0. The summed E-state index contributed by atoms with van der Waals surface area (Å²) in [5, 5.41) is 0. The molecule has 0 saturated carbocycles. The van der Waals surface area contributed by atoms with Gasteiger partial charge in [0.25, 0.3) is 0 Å². The molecule has 0 amide bonds. The van der Waals surface area contributed by atoms with Gasteiger partial charge in [-0.2, -0.15) is 0 Å². The van der Waals surface area contributed by atoms with Crippen LogP contribution < -0.4 is 23.5 Å². The maximum Gasteiger partial charge on any atom is 2.00 e. The van der Waals surface area contributed by atoms with E-state index in [4.69, 9.17) is 0 Å². The monoisotopic (exact) mass is 197 g/mol. The van der Waals surface area contributed by atoms with E-state index >= 15 is 0 Å². The van der Waals surface area contributed by atoms with Crippen LogP contribution in [0, 0.1) is 0 Å². The van der Waals surface area contributed by atoms with Crippen LogP contribution >= 0.6 is 0 Å². The largest absolute Gasteiger partial charge is 2.00 e. The molecule has 0 aliphatic rings. The third-order valence-corrected chi connectivity index (χ3v) is 0. The van der Waals surface area contributed by atoms with Gasteiger partial charge in [-0.3, -0.25) is 0 Å². The normalized spacial score (nSPS) is 0. The average Bonchev–Trinajstić information content (AvgIpc) is 0. The second-order valence-corrected chi connectivity index (χ2v) is 0. The van der Waals surface area contributed by atoms with E-state index in [1.165, 1.54) is 0 Å². The Kier molecular flexibility index (Phi) is 501000. The van der Waals surface area contributed by atoms with E-state index in [9.17, 15) is 0 Å². The van der Waals surface area contributed by atoms with Crippen LogP contribution in [0.1, 0.15) is 0 Å². The molecule has 0 fully saturated rings. The van der Waals surface area contributed by atoms with E-state index in [-0.39, 0.29) is 43.0 Å². The molecule has 0 aromatic heterocycles. The molecule has 6 heteroatoms. The van der Waals surface area contributed by atoms with Gasteiger partial charge in [0.1, 0.15) is 0 Å². The van der Waals surface area contributed by atoms with E-state index in [1.54, 1.807) is 0 Å². The summed E-state index contributed by atoms with van der Waals surface area (Å²) in [5.41, 5.74) is 0. The summed E-state index contributed by atoms with van der Waals surface area (Å²) in [6.45, 7) is 0. The molecule has 0 N–H and O–H groups in total. The molecule has 0 unspecified atom stereocenters. The van der Waals surface area contributed by atoms with Gasteiger partial charge in [-0.05, 0) is 0 Å². The first-order chi connectivity index (χ1) is 0. The molecule has 0 aromatic carbocycles. The van der Waals surface area contributed by atoms with Crippen LogP contribution in [0.25, 0.3) is 0 Å². The molecule has 0 atom stereocenters. The zero-order valence-corrected chi connectivity index (χ0v) is 3.98. The Labute approximate surface area is 43.9 Å². The van der Waals surface area contributed by atoms with Crippen molar-refractivity contribution < 1.29 is 43.0 Å². The van der Waals surface area contributed by atoms with Crippen LogP contribution in [0.3, 0.4) is 0 Å². The molecule has 0 aliphatic carbocycles. The Bertz CT molecular complexity index is 3.90. The van der Waals surface area contributed by atoms with Crippen molar-refractivity contribution in [2.45, 2.75) is 0 Å². The third-order valence-electron chi connectivity index (χ3n) is 0. The molecular weight excluding hydrogens is 196 g/mol. The third kappa shape index (κ3) is 613. The van der Waals surface area contributed by atoms with Gasteiger partial charge in [0.2, 0.25) is 0 Å². The molecule has 0 aliphatic heterocycles. The Hall–Kier alpha value is 0.273. The van der Waals surface area contributed by atoms with Gasteiger partial charge < -0.3 is 23.5 Å². The van der Waals surface area contributed by atoms with E-state index in [0.29, 0.717) is 0 Å². The van der Waals surface area contributed by atoms with E-state index in [1.807, 2.05) is 0 Å². The molecule has 0 bridgehead atoms. The second-order valence-electron chi connectivity index (χ2n) is 0. The van der Waals surface area contributed by atoms with Crippen LogP contribution in [0.15, 0.2) is 0 Å². The Morgan fingerprint density at radius 1 is 0.333 bits per heavy atom. The first-order valence-corrected chi connectivity index (χ1v) is 0. The second kappa shape index (κ2) is 1290. The summed E-state index contributed by atoms with van der Waals surface area (Å²) >= 11 is 0. The Morgan fingerprint density at radius 2 is 0.333 bits per heavy atom. The standard InChI is InChI=1S/5FH.Ru/h5*1H;/q;;;;;+2/p-5. The molecule has 0 aromatic rings. The quantitative estimate of drug-likeness (QED) is 0.266.